The van der Waals surface area contributed by atoms with Gasteiger partial charge in [-0.05, 0) is 63.3 Å². The molecular formula is C21H27ClN4O. The van der Waals surface area contributed by atoms with Crippen LogP contribution in [0.2, 0.25) is 5.02 Å². The highest BCUT2D eigenvalue weighted by molar-refractivity contribution is 6.30. The number of aliphatic hydroxyl groups is 1. The minimum Gasteiger partial charge on any atom is -0.384 e. The molecule has 2 saturated heterocycles. The summed E-state index contributed by atoms with van der Waals surface area (Å²) in [6.45, 7) is 3.52. The fraction of sp³-hybridized carbons (Fsp3) is 0.524. The van der Waals surface area contributed by atoms with Gasteiger partial charge in [0.2, 0.25) is 5.95 Å². The summed E-state index contributed by atoms with van der Waals surface area (Å²) in [5, 5.41) is 18.4. The van der Waals surface area contributed by atoms with Gasteiger partial charge in [-0.1, -0.05) is 23.7 Å². The van der Waals surface area contributed by atoms with Crippen LogP contribution >= 0.6 is 11.6 Å². The molecule has 3 heterocycles. The smallest absolute Gasteiger partial charge is 0.223 e. The van der Waals surface area contributed by atoms with Gasteiger partial charge in [0.25, 0.3) is 0 Å². The highest BCUT2D eigenvalue weighted by Crippen LogP contribution is 2.29. The molecule has 2 aromatic rings. The van der Waals surface area contributed by atoms with Crippen LogP contribution in [0, 0.1) is 0 Å². The summed E-state index contributed by atoms with van der Waals surface area (Å²) in [4.78, 5) is 9.35. The summed E-state index contributed by atoms with van der Waals surface area (Å²) in [7, 11) is 0. The van der Waals surface area contributed by atoms with Crippen LogP contribution < -0.4 is 10.6 Å². The van der Waals surface area contributed by atoms with Crippen LogP contribution in [0.5, 0.6) is 0 Å². The van der Waals surface area contributed by atoms with Crippen molar-refractivity contribution in [3.05, 3.63) is 52.3 Å². The van der Waals surface area contributed by atoms with Gasteiger partial charge in [0, 0.05) is 29.6 Å². The normalized spacial score (nSPS) is 24.8. The standard InChI is InChI=1S/C21H27ClN4O/c1-21(2,27)19-12-17(9-13-3-5-14(22)6-4-13)24-20(26-19)25-18-10-15-7-8-16(11-18)23-15/h3-6,12,15-16,18,23,27H,7-11H2,1-2H3,(H,24,25,26). The Morgan fingerprint density at radius 3 is 2.44 bits per heavy atom. The SMILES string of the molecule is CC(C)(O)c1cc(Cc2ccc(Cl)cc2)nc(NC2CC3CCC(C2)N3)n1. The van der Waals surface area contributed by atoms with E-state index in [1.807, 2.05) is 30.3 Å². The van der Waals surface area contributed by atoms with E-state index >= 15 is 0 Å². The van der Waals surface area contributed by atoms with Crippen molar-refractivity contribution < 1.29 is 5.11 Å². The quantitative estimate of drug-likeness (QED) is 0.731. The van der Waals surface area contributed by atoms with E-state index in [4.69, 9.17) is 16.6 Å². The highest BCUT2D eigenvalue weighted by atomic mass is 35.5. The van der Waals surface area contributed by atoms with Crippen molar-refractivity contribution in [3.63, 3.8) is 0 Å². The van der Waals surface area contributed by atoms with Crippen molar-refractivity contribution in [2.45, 2.75) is 69.7 Å². The van der Waals surface area contributed by atoms with Crippen molar-refractivity contribution in [3.8, 4) is 0 Å². The zero-order chi connectivity index (χ0) is 19.0. The Hall–Kier alpha value is -1.69. The summed E-state index contributed by atoms with van der Waals surface area (Å²) < 4.78 is 0. The number of benzene rings is 1. The fourth-order valence-electron chi connectivity index (χ4n) is 4.14. The first-order chi connectivity index (χ1) is 12.8. The third-order valence-corrected chi connectivity index (χ3v) is 5.76. The molecule has 6 heteroatoms. The zero-order valence-electron chi connectivity index (χ0n) is 15.9. The summed E-state index contributed by atoms with van der Waals surface area (Å²) in [6, 6.07) is 11.3. The molecule has 0 spiro atoms. The van der Waals surface area contributed by atoms with Crippen molar-refractivity contribution in [2.75, 3.05) is 5.32 Å². The Bertz CT molecular complexity index is 791. The molecule has 27 heavy (non-hydrogen) atoms. The van der Waals surface area contributed by atoms with Crippen LogP contribution in [0.15, 0.2) is 30.3 Å². The fourth-order valence-corrected chi connectivity index (χ4v) is 4.26. The van der Waals surface area contributed by atoms with Crippen LogP contribution in [-0.4, -0.2) is 33.2 Å². The van der Waals surface area contributed by atoms with Crippen molar-refractivity contribution in [2.24, 2.45) is 0 Å². The largest absolute Gasteiger partial charge is 0.384 e. The number of anilines is 1. The predicted molar refractivity (Wildman–Crippen MR) is 108 cm³/mol. The monoisotopic (exact) mass is 386 g/mol. The Labute approximate surface area is 165 Å². The van der Waals surface area contributed by atoms with E-state index in [1.54, 1.807) is 13.8 Å². The lowest BCUT2D eigenvalue weighted by molar-refractivity contribution is 0.0737. The van der Waals surface area contributed by atoms with Gasteiger partial charge in [-0.25, -0.2) is 9.97 Å². The molecule has 5 nitrogen and oxygen atoms in total. The van der Waals surface area contributed by atoms with Gasteiger partial charge in [-0.3, -0.25) is 0 Å². The molecular weight excluding hydrogens is 360 g/mol. The average Bonchev–Trinajstić information content (AvgIpc) is 2.94. The molecule has 2 fully saturated rings. The van der Waals surface area contributed by atoms with E-state index in [9.17, 15) is 5.11 Å². The van der Waals surface area contributed by atoms with Crippen LogP contribution in [-0.2, 0) is 12.0 Å². The molecule has 2 bridgehead atoms. The van der Waals surface area contributed by atoms with Gasteiger partial charge in [-0.15, -0.1) is 0 Å². The predicted octanol–water partition coefficient (Wildman–Crippen LogP) is 3.64. The second kappa shape index (κ2) is 7.38. The molecule has 2 aliphatic rings. The Morgan fingerprint density at radius 2 is 1.81 bits per heavy atom. The molecule has 0 saturated carbocycles. The Balaban J connectivity index is 1.57. The molecule has 1 aromatic heterocycles. The number of hydrogen-bond donors (Lipinski definition) is 3. The van der Waals surface area contributed by atoms with Gasteiger partial charge in [0.05, 0.1) is 11.4 Å². The summed E-state index contributed by atoms with van der Waals surface area (Å²) >= 11 is 5.99. The lowest BCUT2D eigenvalue weighted by Gasteiger charge is -2.30. The Kier molecular flexibility index (Phi) is 5.10. The van der Waals surface area contributed by atoms with E-state index in [0.717, 1.165) is 29.1 Å². The van der Waals surface area contributed by atoms with E-state index in [-0.39, 0.29) is 0 Å². The molecule has 144 valence electrons. The lowest BCUT2D eigenvalue weighted by atomic mass is 10.00. The lowest BCUT2D eigenvalue weighted by Crippen LogP contribution is -2.43. The first-order valence-electron chi connectivity index (χ1n) is 9.73. The summed E-state index contributed by atoms with van der Waals surface area (Å²) in [5.41, 5.74) is 1.65. The van der Waals surface area contributed by atoms with Gasteiger partial charge < -0.3 is 15.7 Å². The van der Waals surface area contributed by atoms with Crippen molar-refractivity contribution in [1.82, 2.24) is 15.3 Å². The number of piperidine rings is 1. The Morgan fingerprint density at radius 1 is 1.15 bits per heavy atom. The molecule has 1 aromatic carbocycles. The molecule has 2 atom stereocenters. The maximum Gasteiger partial charge on any atom is 0.223 e. The average molecular weight is 387 g/mol. The number of hydrogen-bond acceptors (Lipinski definition) is 5. The first-order valence-corrected chi connectivity index (χ1v) is 10.1. The van der Waals surface area contributed by atoms with Crippen LogP contribution in [0.25, 0.3) is 0 Å². The number of nitrogens with zero attached hydrogens (tertiary/aromatic N) is 2. The zero-order valence-corrected chi connectivity index (χ0v) is 16.6. The topological polar surface area (TPSA) is 70.1 Å². The van der Waals surface area contributed by atoms with Crippen molar-refractivity contribution in [1.29, 1.82) is 0 Å². The second-order valence-corrected chi connectivity index (χ2v) is 8.82. The first kappa shape index (κ1) is 18.7. The van der Waals surface area contributed by atoms with E-state index in [2.05, 4.69) is 15.6 Å². The minimum atomic E-state index is -1.01. The molecule has 0 amide bonds. The van der Waals surface area contributed by atoms with Gasteiger partial charge in [-0.2, -0.15) is 0 Å². The third-order valence-electron chi connectivity index (χ3n) is 5.51. The molecule has 0 radical (unpaired) electrons. The number of halogens is 1. The molecule has 2 unspecified atom stereocenters. The van der Waals surface area contributed by atoms with Crippen molar-refractivity contribution >= 4 is 17.5 Å². The third kappa shape index (κ3) is 4.60. The highest BCUT2D eigenvalue weighted by Gasteiger charge is 2.33. The maximum absolute atomic E-state index is 10.5. The summed E-state index contributed by atoms with van der Waals surface area (Å²) in [5.74, 6) is 0.616. The van der Waals surface area contributed by atoms with Gasteiger partial charge in [0.1, 0.15) is 5.60 Å². The summed E-state index contributed by atoms with van der Waals surface area (Å²) in [6.07, 6.45) is 5.39. The van der Waals surface area contributed by atoms with Crippen LogP contribution in [0.1, 0.15) is 56.5 Å². The number of nitrogens with one attached hydrogen (secondary N) is 2. The minimum absolute atomic E-state index is 0.379. The van der Waals surface area contributed by atoms with E-state index in [1.165, 1.54) is 12.8 Å². The molecule has 3 N–H and O–H groups in total. The van der Waals surface area contributed by atoms with Gasteiger partial charge in [0.15, 0.2) is 0 Å². The second-order valence-electron chi connectivity index (χ2n) is 8.38. The van der Waals surface area contributed by atoms with E-state index < -0.39 is 5.60 Å². The molecule has 4 rings (SSSR count). The number of rotatable bonds is 5. The van der Waals surface area contributed by atoms with Crippen LogP contribution in [0.4, 0.5) is 5.95 Å². The maximum atomic E-state index is 10.5. The number of aromatic nitrogens is 2. The van der Waals surface area contributed by atoms with E-state index in [0.29, 0.717) is 36.2 Å². The van der Waals surface area contributed by atoms with Crippen LogP contribution in [0.3, 0.4) is 0 Å². The molecule has 0 aliphatic carbocycles. The molecule has 2 aliphatic heterocycles. The number of fused-ring (bicyclic) bond motifs is 2. The van der Waals surface area contributed by atoms with Gasteiger partial charge >= 0.3 is 0 Å².